The molecule has 0 amide bonds. The molecule has 1 nitrogen and oxygen atoms in total. The molecule has 0 aliphatic carbocycles. The van der Waals surface area contributed by atoms with Gasteiger partial charge >= 0.3 is 0 Å². The van der Waals surface area contributed by atoms with Gasteiger partial charge in [0, 0.05) is 0 Å². The third kappa shape index (κ3) is 4.57. The highest BCUT2D eigenvalue weighted by atomic mass is 16.3. The van der Waals surface area contributed by atoms with Crippen LogP contribution < -0.4 is 0 Å². The Morgan fingerprint density at radius 3 is 2.45 bits per heavy atom. The summed E-state index contributed by atoms with van der Waals surface area (Å²) in [5.74, 6) is 0. The summed E-state index contributed by atoms with van der Waals surface area (Å²) in [6.07, 6.45) is 3.94. The Morgan fingerprint density at radius 2 is 2.09 bits per heavy atom. The largest absolute Gasteiger partial charge is 0.388 e. The van der Waals surface area contributed by atoms with Crippen molar-refractivity contribution < 1.29 is 5.11 Å². The normalized spacial score (nSPS) is 14.3. The molecule has 0 heterocycles. The van der Waals surface area contributed by atoms with Crippen molar-refractivity contribution in [2.75, 3.05) is 0 Å². The fraction of sp³-hybridized carbons (Fsp3) is 0.400. The van der Waals surface area contributed by atoms with Gasteiger partial charge in [0.2, 0.25) is 0 Å². The number of aliphatic hydroxyl groups is 1. The van der Waals surface area contributed by atoms with Gasteiger partial charge in [-0.05, 0) is 20.3 Å². The molecule has 1 heteroatoms. The average molecular weight is 152 g/mol. The lowest BCUT2D eigenvalue weighted by Gasteiger charge is -2.06. The number of hydrogen-bond acceptors (Lipinski definition) is 1. The van der Waals surface area contributed by atoms with E-state index in [1.54, 1.807) is 6.08 Å². The molecular weight excluding hydrogens is 136 g/mol. The average Bonchev–Trinajstić information content (AvgIpc) is 1.99. The molecule has 0 aliphatic heterocycles. The van der Waals surface area contributed by atoms with Crippen molar-refractivity contribution in [1.29, 1.82) is 0 Å². The molecule has 0 bridgehead atoms. The molecule has 0 spiro atoms. The minimum Gasteiger partial charge on any atom is -0.388 e. The maximum atomic E-state index is 9.29. The molecule has 1 atom stereocenters. The second-order valence-electron chi connectivity index (χ2n) is 2.75. The van der Waals surface area contributed by atoms with E-state index in [2.05, 4.69) is 13.2 Å². The zero-order chi connectivity index (χ0) is 8.85. The first-order valence-electron chi connectivity index (χ1n) is 3.70. The molecule has 0 radical (unpaired) electrons. The summed E-state index contributed by atoms with van der Waals surface area (Å²) in [5.41, 5.74) is 1.89. The van der Waals surface area contributed by atoms with E-state index in [9.17, 15) is 5.11 Å². The molecule has 0 aromatic rings. The molecular formula is C10H16O. The Hall–Kier alpha value is -0.820. The van der Waals surface area contributed by atoms with Crippen LogP contribution >= 0.6 is 0 Å². The summed E-state index contributed by atoms with van der Waals surface area (Å²) in [6, 6.07) is 0. The molecule has 62 valence electrons. The SMILES string of the molecule is C=C/C(C)=C\C[C@@H](O)C(=C)C. The molecule has 0 rings (SSSR count). The van der Waals surface area contributed by atoms with Crippen molar-refractivity contribution in [1.82, 2.24) is 0 Å². The highest BCUT2D eigenvalue weighted by Crippen LogP contribution is 2.05. The standard InChI is InChI=1S/C10H16O/c1-5-9(4)6-7-10(11)8(2)3/h5-6,10-11H,1-2,7H2,3-4H3/b9-6-/t10-/m1/s1. The molecule has 0 aromatic carbocycles. The van der Waals surface area contributed by atoms with Gasteiger partial charge in [-0.1, -0.05) is 36.5 Å². The Balaban J connectivity index is 3.87. The third-order valence-electron chi connectivity index (χ3n) is 1.55. The minimum atomic E-state index is -0.412. The summed E-state index contributed by atoms with van der Waals surface area (Å²) in [5, 5.41) is 9.29. The van der Waals surface area contributed by atoms with Gasteiger partial charge in [-0.15, -0.1) is 0 Å². The van der Waals surface area contributed by atoms with E-state index in [4.69, 9.17) is 0 Å². The first-order chi connectivity index (χ1) is 5.07. The van der Waals surface area contributed by atoms with E-state index >= 15 is 0 Å². The van der Waals surface area contributed by atoms with Crippen LogP contribution in [0.3, 0.4) is 0 Å². The Morgan fingerprint density at radius 1 is 1.55 bits per heavy atom. The lowest BCUT2D eigenvalue weighted by Crippen LogP contribution is -2.04. The van der Waals surface area contributed by atoms with Crippen LogP contribution in [-0.4, -0.2) is 11.2 Å². The molecule has 11 heavy (non-hydrogen) atoms. The fourth-order valence-electron chi connectivity index (χ4n) is 0.582. The molecule has 0 unspecified atom stereocenters. The highest BCUT2D eigenvalue weighted by molar-refractivity contribution is 5.14. The Bertz CT molecular complexity index is 177. The minimum absolute atomic E-state index is 0.412. The van der Waals surface area contributed by atoms with E-state index < -0.39 is 6.10 Å². The van der Waals surface area contributed by atoms with Gasteiger partial charge in [0.25, 0.3) is 0 Å². The van der Waals surface area contributed by atoms with Crippen molar-refractivity contribution in [2.45, 2.75) is 26.4 Å². The van der Waals surface area contributed by atoms with Gasteiger partial charge in [-0.25, -0.2) is 0 Å². The van der Waals surface area contributed by atoms with E-state index in [1.807, 2.05) is 19.9 Å². The maximum Gasteiger partial charge on any atom is 0.0779 e. The van der Waals surface area contributed by atoms with Crippen molar-refractivity contribution in [3.05, 3.63) is 36.5 Å². The third-order valence-corrected chi connectivity index (χ3v) is 1.55. The zero-order valence-corrected chi connectivity index (χ0v) is 7.30. The van der Waals surface area contributed by atoms with E-state index in [-0.39, 0.29) is 0 Å². The van der Waals surface area contributed by atoms with Crippen LogP contribution in [0, 0.1) is 0 Å². The highest BCUT2D eigenvalue weighted by Gasteiger charge is 2.00. The quantitative estimate of drug-likeness (QED) is 0.484. The molecule has 1 N–H and O–H groups in total. The summed E-state index contributed by atoms with van der Waals surface area (Å²) < 4.78 is 0. The Labute approximate surface area is 68.7 Å². The van der Waals surface area contributed by atoms with Crippen LogP contribution in [0.5, 0.6) is 0 Å². The zero-order valence-electron chi connectivity index (χ0n) is 7.30. The predicted molar refractivity (Wildman–Crippen MR) is 49.4 cm³/mol. The van der Waals surface area contributed by atoms with E-state index in [1.165, 1.54) is 0 Å². The molecule has 0 saturated heterocycles. The number of allylic oxidation sites excluding steroid dienone is 2. The molecule has 0 fully saturated rings. The topological polar surface area (TPSA) is 20.2 Å². The van der Waals surface area contributed by atoms with E-state index in [0.29, 0.717) is 6.42 Å². The van der Waals surface area contributed by atoms with E-state index in [0.717, 1.165) is 11.1 Å². The second kappa shape index (κ2) is 4.91. The first-order valence-corrected chi connectivity index (χ1v) is 3.70. The van der Waals surface area contributed by atoms with Crippen LogP contribution in [0.15, 0.2) is 36.5 Å². The van der Waals surface area contributed by atoms with Crippen molar-refractivity contribution in [3.63, 3.8) is 0 Å². The summed E-state index contributed by atoms with van der Waals surface area (Å²) in [7, 11) is 0. The van der Waals surface area contributed by atoms with Gasteiger partial charge in [0.05, 0.1) is 6.10 Å². The predicted octanol–water partition coefficient (Wildman–Crippen LogP) is 2.45. The maximum absolute atomic E-state index is 9.29. The molecule has 0 aromatic heterocycles. The molecule has 0 saturated carbocycles. The van der Waals surface area contributed by atoms with Crippen LogP contribution in [0.1, 0.15) is 20.3 Å². The summed E-state index contributed by atoms with van der Waals surface area (Å²) in [4.78, 5) is 0. The Kier molecular flexibility index (Phi) is 4.55. The van der Waals surface area contributed by atoms with Gasteiger partial charge < -0.3 is 5.11 Å². The van der Waals surface area contributed by atoms with Gasteiger partial charge in [-0.2, -0.15) is 0 Å². The fourth-order valence-corrected chi connectivity index (χ4v) is 0.582. The second-order valence-corrected chi connectivity index (χ2v) is 2.75. The van der Waals surface area contributed by atoms with Gasteiger partial charge in [0.1, 0.15) is 0 Å². The molecule has 0 aliphatic rings. The van der Waals surface area contributed by atoms with Gasteiger partial charge in [-0.3, -0.25) is 0 Å². The van der Waals surface area contributed by atoms with Crippen molar-refractivity contribution in [2.24, 2.45) is 0 Å². The van der Waals surface area contributed by atoms with Crippen LogP contribution in [0.2, 0.25) is 0 Å². The van der Waals surface area contributed by atoms with Crippen LogP contribution in [-0.2, 0) is 0 Å². The van der Waals surface area contributed by atoms with Crippen molar-refractivity contribution >= 4 is 0 Å². The number of rotatable bonds is 4. The number of aliphatic hydroxyl groups excluding tert-OH is 1. The summed E-state index contributed by atoms with van der Waals surface area (Å²) in [6.45, 7) is 11.0. The van der Waals surface area contributed by atoms with Gasteiger partial charge in [0.15, 0.2) is 0 Å². The summed E-state index contributed by atoms with van der Waals surface area (Å²) >= 11 is 0. The smallest absolute Gasteiger partial charge is 0.0779 e. The lowest BCUT2D eigenvalue weighted by molar-refractivity contribution is 0.215. The van der Waals surface area contributed by atoms with Crippen LogP contribution in [0.4, 0.5) is 0 Å². The first kappa shape index (κ1) is 10.2. The number of hydrogen-bond donors (Lipinski definition) is 1. The monoisotopic (exact) mass is 152 g/mol. The van der Waals surface area contributed by atoms with Crippen LogP contribution in [0.25, 0.3) is 0 Å². The lowest BCUT2D eigenvalue weighted by atomic mass is 10.1. The van der Waals surface area contributed by atoms with Crippen molar-refractivity contribution in [3.8, 4) is 0 Å².